The number of amides is 1. The molecule has 0 saturated carbocycles. The van der Waals surface area contributed by atoms with Gasteiger partial charge in [0.25, 0.3) is 0 Å². The van der Waals surface area contributed by atoms with E-state index in [9.17, 15) is 13.2 Å². The summed E-state index contributed by atoms with van der Waals surface area (Å²) in [6.45, 7) is 2.88. The first-order valence-corrected chi connectivity index (χ1v) is 9.00. The van der Waals surface area contributed by atoms with Gasteiger partial charge in [-0.1, -0.05) is 30.3 Å². The molecular weight excluding hydrogens is 288 g/mol. The number of benzene rings is 1. The van der Waals surface area contributed by atoms with Crippen molar-refractivity contribution in [2.24, 2.45) is 0 Å². The first-order chi connectivity index (χ1) is 10.0. The highest BCUT2D eigenvalue weighted by Gasteiger charge is 2.33. The molecule has 1 fully saturated rings. The third-order valence-electron chi connectivity index (χ3n) is 3.74. The number of rotatable bonds is 7. The number of nitrogens with one attached hydrogen (secondary N) is 1. The van der Waals surface area contributed by atoms with Gasteiger partial charge in [0.15, 0.2) is 0 Å². The summed E-state index contributed by atoms with van der Waals surface area (Å²) in [5.74, 6) is -0.0924. The second kappa shape index (κ2) is 7.04. The summed E-state index contributed by atoms with van der Waals surface area (Å²) in [5.41, 5.74) is 1.26. The molecule has 1 aliphatic rings. The van der Waals surface area contributed by atoms with Crippen molar-refractivity contribution in [1.29, 1.82) is 0 Å². The standard InChI is InChI=1S/C15H22N2O3S/c1-2-21(19,20)16-14-10-12-17(15(14)18)11-6-9-13-7-4-3-5-8-13/h3-5,7-8,14,16H,2,6,9-12H2,1H3/t14-/m0/s1. The van der Waals surface area contributed by atoms with Gasteiger partial charge >= 0.3 is 0 Å². The molecule has 1 aromatic rings. The summed E-state index contributed by atoms with van der Waals surface area (Å²) in [4.78, 5) is 13.9. The first-order valence-electron chi connectivity index (χ1n) is 7.34. The SMILES string of the molecule is CCS(=O)(=O)N[C@H]1CCN(CCCc2ccccc2)C1=O. The van der Waals surface area contributed by atoms with Crippen molar-refractivity contribution < 1.29 is 13.2 Å². The van der Waals surface area contributed by atoms with E-state index >= 15 is 0 Å². The molecule has 0 radical (unpaired) electrons. The zero-order chi connectivity index (χ0) is 15.3. The van der Waals surface area contributed by atoms with Crippen molar-refractivity contribution in [3.63, 3.8) is 0 Å². The lowest BCUT2D eigenvalue weighted by molar-refractivity contribution is -0.129. The number of hydrogen-bond donors (Lipinski definition) is 1. The van der Waals surface area contributed by atoms with Crippen LogP contribution >= 0.6 is 0 Å². The summed E-state index contributed by atoms with van der Waals surface area (Å²) in [5, 5.41) is 0. The predicted octanol–water partition coefficient (Wildman–Crippen LogP) is 1.16. The van der Waals surface area contributed by atoms with Crippen LogP contribution in [0, 0.1) is 0 Å². The fourth-order valence-corrected chi connectivity index (χ4v) is 3.31. The molecule has 1 atom stereocenters. The number of carbonyl (C=O) groups is 1. The van der Waals surface area contributed by atoms with Crippen molar-refractivity contribution in [3.8, 4) is 0 Å². The zero-order valence-electron chi connectivity index (χ0n) is 12.3. The minimum absolute atomic E-state index is 0.00475. The Morgan fingerprint density at radius 3 is 2.67 bits per heavy atom. The van der Waals surface area contributed by atoms with Crippen LogP contribution in [0.1, 0.15) is 25.3 Å². The van der Waals surface area contributed by atoms with E-state index in [1.54, 1.807) is 11.8 Å². The van der Waals surface area contributed by atoms with Crippen LogP contribution in [-0.2, 0) is 21.2 Å². The maximum Gasteiger partial charge on any atom is 0.240 e. The van der Waals surface area contributed by atoms with E-state index in [-0.39, 0.29) is 11.7 Å². The fraction of sp³-hybridized carbons (Fsp3) is 0.533. The molecule has 1 heterocycles. The molecule has 116 valence electrons. The largest absolute Gasteiger partial charge is 0.341 e. The molecule has 1 N–H and O–H groups in total. The van der Waals surface area contributed by atoms with Gasteiger partial charge in [-0.15, -0.1) is 0 Å². The van der Waals surface area contributed by atoms with Gasteiger partial charge in [-0.05, 0) is 31.7 Å². The number of sulfonamides is 1. The normalized spacial score (nSPS) is 19.2. The summed E-state index contributed by atoms with van der Waals surface area (Å²) in [6.07, 6.45) is 2.38. The van der Waals surface area contributed by atoms with E-state index in [4.69, 9.17) is 0 Å². The Labute approximate surface area is 126 Å². The first kappa shape index (κ1) is 16.0. The van der Waals surface area contributed by atoms with E-state index in [2.05, 4.69) is 16.9 Å². The van der Waals surface area contributed by atoms with Crippen LogP contribution in [-0.4, -0.2) is 44.1 Å². The van der Waals surface area contributed by atoms with Gasteiger partial charge in [-0.3, -0.25) is 4.79 Å². The van der Waals surface area contributed by atoms with Crippen LogP contribution in [0.15, 0.2) is 30.3 Å². The second-order valence-electron chi connectivity index (χ2n) is 5.28. The molecule has 1 saturated heterocycles. The molecule has 0 unspecified atom stereocenters. The molecular formula is C15H22N2O3S. The van der Waals surface area contributed by atoms with E-state index in [1.807, 2.05) is 18.2 Å². The summed E-state index contributed by atoms with van der Waals surface area (Å²) < 4.78 is 25.5. The molecule has 1 aliphatic heterocycles. The Hall–Kier alpha value is -1.40. The molecule has 6 heteroatoms. The van der Waals surface area contributed by atoms with Crippen LogP contribution in [0.25, 0.3) is 0 Å². The molecule has 1 aromatic carbocycles. The highest BCUT2D eigenvalue weighted by atomic mass is 32.2. The van der Waals surface area contributed by atoms with Crippen molar-refractivity contribution in [2.75, 3.05) is 18.8 Å². The Morgan fingerprint density at radius 1 is 1.29 bits per heavy atom. The molecule has 5 nitrogen and oxygen atoms in total. The molecule has 0 aromatic heterocycles. The van der Waals surface area contributed by atoms with Crippen LogP contribution < -0.4 is 4.72 Å². The van der Waals surface area contributed by atoms with Crippen molar-refractivity contribution in [3.05, 3.63) is 35.9 Å². The molecule has 0 bridgehead atoms. The molecule has 0 aliphatic carbocycles. The molecule has 1 amide bonds. The Kier molecular flexibility index (Phi) is 5.36. The number of carbonyl (C=O) groups excluding carboxylic acids is 1. The highest BCUT2D eigenvalue weighted by molar-refractivity contribution is 7.89. The molecule has 0 spiro atoms. The third-order valence-corrected chi connectivity index (χ3v) is 5.14. The van der Waals surface area contributed by atoms with Gasteiger partial charge in [0, 0.05) is 13.1 Å². The molecule has 21 heavy (non-hydrogen) atoms. The number of hydrogen-bond acceptors (Lipinski definition) is 3. The lowest BCUT2D eigenvalue weighted by atomic mass is 10.1. The van der Waals surface area contributed by atoms with Gasteiger partial charge in [-0.2, -0.15) is 0 Å². The lowest BCUT2D eigenvalue weighted by Crippen LogP contribution is -2.42. The van der Waals surface area contributed by atoms with Crippen molar-refractivity contribution in [2.45, 2.75) is 32.2 Å². The van der Waals surface area contributed by atoms with Crippen LogP contribution in [0.4, 0.5) is 0 Å². The summed E-state index contributed by atoms with van der Waals surface area (Å²) in [7, 11) is -3.32. The summed E-state index contributed by atoms with van der Waals surface area (Å²) in [6, 6.07) is 9.57. The van der Waals surface area contributed by atoms with Crippen molar-refractivity contribution >= 4 is 15.9 Å². The Morgan fingerprint density at radius 2 is 2.00 bits per heavy atom. The van der Waals surface area contributed by atoms with E-state index in [0.717, 1.165) is 12.8 Å². The quantitative estimate of drug-likeness (QED) is 0.822. The van der Waals surface area contributed by atoms with Crippen LogP contribution in [0.2, 0.25) is 0 Å². The predicted molar refractivity (Wildman–Crippen MR) is 82.3 cm³/mol. The van der Waals surface area contributed by atoms with Gasteiger partial charge < -0.3 is 4.90 Å². The average molecular weight is 310 g/mol. The van der Waals surface area contributed by atoms with Gasteiger partial charge in [0.05, 0.1) is 5.75 Å². The number of nitrogens with zero attached hydrogens (tertiary/aromatic N) is 1. The van der Waals surface area contributed by atoms with Crippen LogP contribution in [0.3, 0.4) is 0 Å². The van der Waals surface area contributed by atoms with Crippen LogP contribution in [0.5, 0.6) is 0 Å². The summed E-state index contributed by atoms with van der Waals surface area (Å²) >= 11 is 0. The smallest absolute Gasteiger partial charge is 0.240 e. The Balaban J connectivity index is 1.80. The highest BCUT2D eigenvalue weighted by Crippen LogP contribution is 2.13. The maximum absolute atomic E-state index is 12.1. The zero-order valence-corrected chi connectivity index (χ0v) is 13.1. The van der Waals surface area contributed by atoms with Gasteiger partial charge in [-0.25, -0.2) is 13.1 Å². The lowest BCUT2D eigenvalue weighted by Gasteiger charge is -2.17. The number of likely N-dealkylation sites (tertiary alicyclic amines) is 1. The minimum Gasteiger partial charge on any atom is -0.341 e. The number of aryl methyl sites for hydroxylation is 1. The second-order valence-corrected chi connectivity index (χ2v) is 7.32. The monoisotopic (exact) mass is 310 g/mol. The van der Waals surface area contributed by atoms with E-state index in [1.165, 1.54) is 5.56 Å². The maximum atomic E-state index is 12.1. The van der Waals surface area contributed by atoms with E-state index in [0.29, 0.717) is 19.5 Å². The topological polar surface area (TPSA) is 66.5 Å². The van der Waals surface area contributed by atoms with Gasteiger partial charge in [0.1, 0.15) is 6.04 Å². The average Bonchev–Trinajstić information content (AvgIpc) is 2.81. The Bertz CT molecular complexity index is 572. The van der Waals surface area contributed by atoms with Gasteiger partial charge in [0.2, 0.25) is 15.9 Å². The van der Waals surface area contributed by atoms with E-state index < -0.39 is 16.1 Å². The van der Waals surface area contributed by atoms with Crippen molar-refractivity contribution in [1.82, 2.24) is 9.62 Å². The minimum atomic E-state index is -3.32. The third kappa shape index (κ3) is 4.54. The molecule has 2 rings (SSSR count). The fourth-order valence-electron chi connectivity index (χ4n) is 2.49.